The van der Waals surface area contributed by atoms with E-state index in [2.05, 4.69) is 13.8 Å². The molecule has 46 heavy (non-hydrogen) atoms. The number of carboxylic acids is 1. The average molecular weight is 651 g/mol. The zero-order valence-electron chi connectivity index (χ0n) is 31.4. The van der Waals surface area contributed by atoms with E-state index in [1.54, 1.807) is 0 Å². The number of hydrogen-bond acceptors (Lipinski definition) is 3. The van der Waals surface area contributed by atoms with E-state index in [1.807, 2.05) is 0 Å². The van der Waals surface area contributed by atoms with Crippen LogP contribution in [0.25, 0.3) is 0 Å². The van der Waals surface area contributed by atoms with Crippen molar-refractivity contribution in [2.45, 2.75) is 258 Å². The largest absolute Gasteiger partial charge is 0.481 e. The summed E-state index contributed by atoms with van der Waals surface area (Å²) in [6.07, 6.45) is 47.0. The lowest BCUT2D eigenvalue weighted by molar-refractivity contribution is -0.148. The van der Waals surface area contributed by atoms with Gasteiger partial charge in [0.1, 0.15) is 0 Å². The Morgan fingerprint density at radius 1 is 0.413 bits per heavy atom. The number of carbonyl (C=O) groups excluding carboxylic acids is 1. The van der Waals surface area contributed by atoms with E-state index in [0.29, 0.717) is 12.8 Å². The first kappa shape index (κ1) is 44.9. The molecule has 0 radical (unpaired) electrons. The third kappa shape index (κ3) is 39.1. The van der Waals surface area contributed by atoms with Gasteiger partial charge in [-0.3, -0.25) is 9.59 Å². The van der Waals surface area contributed by atoms with Gasteiger partial charge in [0.25, 0.3) is 0 Å². The highest BCUT2D eigenvalue weighted by atomic mass is 16.5. The minimum Gasteiger partial charge on any atom is -0.481 e. The van der Waals surface area contributed by atoms with Crippen molar-refractivity contribution in [1.82, 2.24) is 0 Å². The summed E-state index contributed by atoms with van der Waals surface area (Å²) in [4.78, 5) is 22.7. The fraction of sp³-hybridized carbons (Fsp3) is 0.952. The summed E-state index contributed by atoms with van der Waals surface area (Å²) in [5, 5.41) is 8.65. The predicted octanol–water partition coefficient (Wildman–Crippen LogP) is 14.5. The van der Waals surface area contributed by atoms with Crippen molar-refractivity contribution < 1.29 is 19.4 Å². The van der Waals surface area contributed by atoms with Crippen LogP contribution in [0.15, 0.2) is 0 Å². The molecule has 0 aliphatic carbocycles. The van der Waals surface area contributed by atoms with Gasteiger partial charge in [-0.05, 0) is 32.6 Å². The van der Waals surface area contributed by atoms with E-state index < -0.39 is 5.97 Å². The van der Waals surface area contributed by atoms with E-state index in [9.17, 15) is 9.59 Å². The van der Waals surface area contributed by atoms with Gasteiger partial charge in [0.2, 0.25) is 0 Å². The van der Waals surface area contributed by atoms with Crippen molar-refractivity contribution in [3.63, 3.8) is 0 Å². The summed E-state index contributed by atoms with van der Waals surface area (Å²) < 4.78 is 5.66. The Kier molecular flexibility index (Phi) is 37.5. The quantitative estimate of drug-likeness (QED) is 0.0531. The molecule has 1 unspecified atom stereocenters. The zero-order chi connectivity index (χ0) is 33.6. The van der Waals surface area contributed by atoms with E-state index in [1.165, 1.54) is 199 Å². The second kappa shape index (κ2) is 38.4. The van der Waals surface area contributed by atoms with Crippen molar-refractivity contribution in [2.75, 3.05) is 0 Å². The van der Waals surface area contributed by atoms with Crippen LogP contribution in [0.5, 0.6) is 0 Å². The second-order valence-electron chi connectivity index (χ2n) is 14.7. The number of carboxylic acid groups (broad SMARTS) is 1. The molecule has 1 N–H and O–H groups in total. The Hall–Kier alpha value is -1.06. The molecule has 0 saturated carbocycles. The number of hydrogen-bond donors (Lipinski definition) is 1. The van der Waals surface area contributed by atoms with E-state index >= 15 is 0 Å². The number of ether oxygens (including phenoxy) is 1. The van der Waals surface area contributed by atoms with Crippen molar-refractivity contribution in [3.05, 3.63) is 0 Å². The minimum atomic E-state index is -0.659. The molecule has 0 fully saturated rings. The molecule has 0 aliphatic rings. The van der Waals surface area contributed by atoms with Gasteiger partial charge in [-0.2, -0.15) is 0 Å². The number of esters is 1. The number of carbonyl (C=O) groups is 2. The molecular formula is C42H82O4. The zero-order valence-corrected chi connectivity index (χ0v) is 31.4. The first-order valence-electron chi connectivity index (χ1n) is 21.0. The lowest BCUT2D eigenvalue weighted by atomic mass is 10.0. The average Bonchev–Trinajstić information content (AvgIpc) is 3.03. The molecule has 0 aromatic carbocycles. The molecule has 4 nitrogen and oxygen atoms in total. The first-order valence-corrected chi connectivity index (χ1v) is 21.0. The number of rotatable bonds is 39. The molecule has 0 rings (SSSR count). The summed E-state index contributed by atoms with van der Waals surface area (Å²) >= 11 is 0. The standard InChI is InChI=1S/C42H82O4/c1-3-4-5-6-7-8-9-10-16-21-24-27-30-33-36-39-42(45)46-40(2)37-34-31-28-25-22-19-17-14-12-11-13-15-18-20-23-26-29-32-35-38-41(43)44/h40H,3-39H2,1-2H3,(H,43,44). The summed E-state index contributed by atoms with van der Waals surface area (Å²) in [5.74, 6) is -0.644. The summed E-state index contributed by atoms with van der Waals surface area (Å²) in [7, 11) is 0. The molecule has 0 aromatic heterocycles. The Labute approximate surface area is 288 Å². The van der Waals surface area contributed by atoms with Gasteiger partial charge in [0, 0.05) is 12.8 Å². The van der Waals surface area contributed by atoms with Crippen molar-refractivity contribution in [2.24, 2.45) is 0 Å². The molecule has 0 bridgehead atoms. The van der Waals surface area contributed by atoms with Gasteiger partial charge < -0.3 is 9.84 Å². The Bertz CT molecular complexity index is 619. The van der Waals surface area contributed by atoms with E-state index in [-0.39, 0.29) is 12.1 Å². The smallest absolute Gasteiger partial charge is 0.306 e. The molecule has 0 heterocycles. The molecule has 274 valence electrons. The van der Waals surface area contributed by atoms with Gasteiger partial charge in [0.05, 0.1) is 6.10 Å². The van der Waals surface area contributed by atoms with E-state index in [0.717, 1.165) is 25.7 Å². The molecule has 0 aliphatic heterocycles. The normalized spacial score (nSPS) is 12.0. The van der Waals surface area contributed by atoms with Crippen LogP contribution in [0.3, 0.4) is 0 Å². The van der Waals surface area contributed by atoms with Crippen molar-refractivity contribution in [1.29, 1.82) is 0 Å². The van der Waals surface area contributed by atoms with Gasteiger partial charge in [-0.15, -0.1) is 0 Å². The molecule has 0 saturated heterocycles. The van der Waals surface area contributed by atoms with E-state index in [4.69, 9.17) is 9.84 Å². The Morgan fingerprint density at radius 3 is 0.978 bits per heavy atom. The van der Waals surface area contributed by atoms with Crippen LogP contribution < -0.4 is 0 Å². The highest BCUT2D eigenvalue weighted by molar-refractivity contribution is 5.69. The fourth-order valence-corrected chi connectivity index (χ4v) is 6.70. The third-order valence-electron chi connectivity index (χ3n) is 9.82. The minimum absolute atomic E-state index is 0.0143. The maximum Gasteiger partial charge on any atom is 0.306 e. The fourth-order valence-electron chi connectivity index (χ4n) is 6.70. The monoisotopic (exact) mass is 651 g/mol. The second-order valence-corrected chi connectivity index (χ2v) is 14.7. The van der Waals surface area contributed by atoms with Crippen LogP contribution >= 0.6 is 0 Å². The maximum atomic E-state index is 12.2. The summed E-state index contributed by atoms with van der Waals surface area (Å²) in [5.41, 5.74) is 0. The molecule has 4 heteroatoms. The Balaban J connectivity index is 3.25. The lowest BCUT2D eigenvalue weighted by Crippen LogP contribution is -2.14. The predicted molar refractivity (Wildman–Crippen MR) is 200 cm³/mol. The van der Waals surface area contributed by atoms with Gasteiger partial charge in [-0.25, -0.2) is 0 Å². The van der Waals surface area contributed by atoms with Gasteiger partial charge in [0.15, 0.2) is 0 Å². The van der Waals surface area contributed by atoms with Crippen LogP contribution in [0.1, 0.15) is 251 Å². The SMILES string of the molecule is CCCCCCCCCCCCCCCCCC(=O)OC(C)CCCCCCCCCCCCCCCCCCCCCC(=O)O. The molecular weight excluding hydrogens is 568 g/mol. The maximum absolute atomic E-state index is 12.2. The van der Waals surface area contributed by atoms with Crippen molar-refractivity contribution >= 4 is 11.9 Å². The first-order chi connectivity index (χ1) is 22.6. The number of aliphatic carboxylic acids is 1. The third-order valence-corrected chi connectivity index (χ3v) is 9.82. The Morgan fingerprint density at radius 2 is 0.674 bits per heavy atom. The van der Waals surface area contributed by atoms with Gasteiger partial charge in [-0.1, -0.05) is 206 Å². The number of unbranched alkanes of at least 4 members (excludes halogenated alkanes) is 32. The topological polar surface area (TPSA) is 63.6 Å². The summed E-state index contributed by atoms with van der Waals surface area (Å²) in [6, 6.07) is 0. The molecule has 0 spiro atoms. The van der Waals surface area contributed by atoms with Crippen LogP contribution in [-0.4, -0.2) is 23.1 Å². The van der Waals surface area contributed by atoms with Crippen LogP contribution in [0, 0.1) is 0 Å². The molecule has 0 amide bonds. The van der Waals surface area contributed by atoms with Crippen molar-refractivity contribution in [3.8, 4) is 0 Å². The van der Waals surface area contributed by atoms with Crippen LogP contribution in [-0.2, 0) is 14.3 Å². The lowest BCUT2D eigenvalue weighted by Gasteiger charge is -2.13. The van der Waals surface area contributed by atoms with Crippen LogP contribution in [0.4, 0.5) is 0 Å². The highest BCUT2D eigenvalue weighted by Gasteiger charge is 2.09. The molecule has 1 atom stereocenters. The highest BCUT2D eigenvalue weighted by Crippen LogP contribution is 2.17. The van der Waals surface area contributed by atoms with Gasteiger partial charge >= 0.3 is 11.9 Å². The van der Waals surface area contributed by atoms with Crippen LogP contribution in [0.2, 0.25) is 0 Å². The molecule has 0 aromatic rings. The summed E-state index contributed by atoms with van der Waals surface area (Å²) in [6.45, 7) is 4.36.